The third-order valence-corrected chi connectivity index (χ3v) is 4.67. The molecule has 3 rings (SSSR count). The Labute approximate surface area is 200 Å². The number of amides is 1. The van der Waals surface area contributed by atoms with Gasteiger partial charge in [0.1, 0.15) is 11.5 Å². The Hall–Kier alpha value is -4.99. The Kier molecular flexibility index (Phi) is 8.28. The van der Waals surface area contributed by atoms with Crippen LogP contribution in [0.2, 0.25) is 0 Å². The van der Waals surface area contributed by atoms with Crippen LogP contribution in [0, 0.1) is 10.1 Å². The fourth-order valence-corrected chi connectivity index (χ4v) is 2.88. The van der Waals surface area contributed by atoms with Crippen molar-refractivity contribution in [3.05, 3.63) is 99.6 Å². The third-order valence-electron chi connectivity index (χ3n) is 4.67. The molecule has 0 spiro atoms. The second-order valence-electron chi connectivity index (χ2n) is 6.91. The predicted molar refractivity (Wildman–Crippen MR) is 129 cm³/mol. The molecule has 0 heterocycles. The summed E-state index contributed by atoms with van der Waals surface area (Å²) in [6.07, 6.45) is 3.80. The summed E-state index contributed by atoms with van der Waals surface area (Å²) in [7, 11) is 3.05. The van der Waals surface area contributed by atoms with E-state index in [1.807, 2.05) is 0 Å². The highest BCUT2D eigenvalue weighted by molar-refractivity contribution is 5.96. The molecule has 1 amide bonds. The molecule has 178 valence electrons. The van der Waals surface area contributed by atoms with E-state index >= 15 is 0 Å². The second-order valence-corrected chi connectivity index (χ2v) is 6.91. The zero-order valence-corrected chi connectivity index (χ0v) is 18.8. The van der Waals surface area contributed by atoms with Crippen LogP contribution in [-0.4, -0.2) is 37.2 Å². The number of esters is 1. The minimum Gasteiger partial charge on any atom is -0.497 e. The fraction of sp³-hybridized carbons (Fsp3) is 0.0800. The standard InChI is InChI=1S/C25H21N3O7/c1-33-20-11-6-17(7-12-20)8-15-23(29)35-24-19(4-3-5-22(24)28(31)32)16-26-27-25(30)18-9-13-21(34-2)14-10-18/h3-16H,1-2H3,(H,27,30)/b15-8+,26-16+. The summed E-state index contributed by atoms with van der Waals surface area (Å²) in [5.74, 6) is -0.381. The molecule has 0 unspecified atom stereocenters. The van der Waals surface area contributed by atoms with Crippen LogP contribution in [-0.2, 0) is 4.79 Å². The Bertz CT molecular complexity index is 1270. The molecule has 3 aromatic carbocycles. The summed E-state index contributed by atoms with van der Waals surface area (Å²) >= 11 is 0. The topological polar surface area (TPSA) is 129 Å². The zero-order valence-electron chi connectivity index (χ0n) is 18.8. The summed E-state index contributed by atoms with van der Waals surface area (Å²) in [6, 6.07) is 17.3. The number of rotatable bonds is 9. The molecule has 0 atom stereocenters. The minimum absolute atomic E-state index is 0.125. The average Bonchev–Trinajstić information content (AvgIpc) is 2.88. The summed E-state index contributed by atoms with van der Waals surface area (Å²) in [5.41, 5.74) is 3.05. The first-order valence-corrected chi connectivity index (χ1v) is 10.2. The van der Waals surface area contributed by atoms with Crippen molar-refractivity contribution in [3.8, 4) is 17.2 Å². The van der Waals surface area contributed by atoms with Crippen LogP contribution in [0.1, 0.15) is 21.5 Å². The molecule has 0 aliphatic carbocycles. The number of nitrogens with zero attached hydrogens (tertiary/aromatic N) is 2. The number of hydrazone groups is 1. The Morgan fingerprint density at radius 3 is 2.17 bits per heavy atom. The van der Waals surface area contributed by atoms with E-state index in [0.29, 0.717) is 22.6 Å². The van der Waals surface area contributed by atoms with Crippen LogP contribution < -0.4 is 19.6 Å². The monoisotopic (exact) mass is 475 g/mol. The predicted octanol–water partition coefficient (Wildman–Crippen LogP) is 3.99. The molecule has 1 N–H and O–H groups in total. The molecular weight excluding hydrogens is 454 g/mol. The van der Waals surface area contributed by atoms with Crippen LogP contribution in [0.3, 0.4) is 0 Å². The number of ether oxygens (including phenoxy) is 3. The van der Waals surface area contributed by atoms with Gasteiger partial charge in [-0.05, 0) is 54.1 Å². The number of benzene rings is 3. The first-order valence-electron chi connectivity index (χ1n) is 10.2. The maximum Gasteiger partial charge on any atom is 0.336 e. The number of carbonyl (C=O) groups excluding carboxylic acids is 2. The lowest BCUT2D eigenvalue weighted by Gasteiger charge is -2.06. The van der Waals surface area contributed by atoms with Crippen molar-refractivity contribution in [1.29, 1.82) is 0 Å². The van der Waals surface area contributed by atoms with E-state index < -0.39 is 22.5 Å². The lowest BCUT2D eigenvalue weighted by molar-refractivity contribution is -0.385. The number of carbonyl (C=O) groups is 2. The highest BCUT2D eigenvalue weighted by Crippen LogP contribution is 2.30. The van der Waals surface area contributed by atoms with E-state index in [9.17, 15) is 19.7 Å². The third kappa shape index (κ3) is 6.75. The van der Waals surface area contributed by atoms with Crippen LogP contribution >= 0.6 is 0 Å². The van der Waals surface area contributed by atoms with Gasteiger partial charge in [-0.1, -0.05) is 18.2 Å². The lowest BCUT2D eigenvalue weighted by atomic mass is 10.2. The summed E-state index contributed by atoms with van der Waals surface area (Å²) in [5, 5.41) is 15.3. The summed E-state index contributed by atoms with van der Waals surface area (Å²) in [6.45, 7) is 0. The van der Waals surface area contributed by atoms with Crippen molar-refractivity contribution < 1.29 is 28.7 Å². The van der Waals surface area contributed by atoms with Gasteiger partial charge in [-0.2, -0.15) is 5.10 Å². The van der Waals surface area contributed by atoms with Crippen LogP contribution in [0.15, 0.2) is 77.9 Å². The minimum atomic E-state index is -0.827. The van der Waals surface area contributed by atoms with Gasteiger partial charge in [-0.3, -0.25) is 14.9 Å². The van der Waals surface area contributed by atoms with Gasteiger partial charge in [0.25, 0.3) is 5.91 Å². The first-order chi connectivity index (χ1) is 16.9. The van der Waals surface area contributed by atoms with Gasteiger partial charge in [-0.15, -0.1) is 0 Å². The summed E-state index contributed by atoms with van der Waals surface area (Å²) < 4.78 is 15.4. The molecule has 0 aromatic heterocycles. The van der Waals surface area contributed by atoms with E-state index in [1.165, 1.54) is 31.4 Å². The average molecular weight is 475 g/mol. The SMILES string of the molecule is COc1ccc(/C=C/C(=O)Oc2c(/C=N/NC(=O)c3ccc(OC)cc3)cccc2[N+](=O)[O-])cc1. The number of hydrogen-bond acceptors (Lipinski definition) is 8. The normalized spacial score (nSPS) is 10.8. The smallest absolute Gasteiger partial charge is 0.336 e. The highest BCUT2D eigenvalue weighted by Gasteiger charge is 2.20. The van der Waals surface area contributed by atoms with Crippen molar-refractivity contribution in [1.82, 2.24) is 5.43 Å². The number of hydrogen-bond donors (Lipinski definition) is 1. The maximum atomic E-state index is 12.4. The molecule has 0 saturated heterocycles. The Morgan fingerprint density at radius 1 is 0.943 bits per heavy atom. The molecule has 35 heavy (non-hydrogen) atoms. The molecule has 0 saturated carbocycles. The van der Waals surface area contributed by atoms with Gasteiger partial charge in [0, 0.05) is 23.3 Å². The van der Waals surface area contributed by atoms with Crippen molar-refractivity contribution in [2.75, 3.05) is 14.2 Å². The molecule has 10 nitrogen and oxygen atoms in total. The van der Waals surface area contributed by atoms with E-state index in [2.05, 4.69) is 10.5 Å². The number of nitro groups is 1. The fourth-order valence-electron chi connectivity index (χ4n) is 2.88. The molecule has 0 bridgehead atoms. The van der Waals surface area contributed by atoms with E-state index in [-0.39, 0.29) is 11.3 Å². The van der Waals surface area contributed by atoms with E-state index in [0.717, 1.165) is 12.3 Å². The van der Waals surface area contributed by atoms with Gasteiger partial charge >= 0.3 is 11.7 Å². The van der Waals surface area contributed by atoms with Gasteiger partial charge in [-0.25, -0.2) is 10.2 Å². The number of nitrogens with one attached hydrogen (secondary N) is 1. The second kappa shape index (κ2) is 11.8. The molecule has 0 aliphatic rings. The van der Waals surface area contributed by atoms with Gasteiger partial charge in [0.15, 0.2) is 0 Å². The van der Waals surface area contributed by atoms with Crippen molar-refractivity contribution >= 4 is 29.9 Å². The molecule has 0 radical (unpaired) electrons. The summed E-state index contributed by atoms with van der Waals surface area (Å²) in [4.78, 5) is 35.4. The van der Waals surface area contributed by atoms with E-state index in [1.54, 1.807) is 55.6 Å². The van der Waals surface area contributed by atoms with Gasteiger partial charge in [0.2, 0.25) is 5.75 Å². The first kappa shape index (κ1) is 24.6. The van der Waals surface area contributed by atoms with Crippen LogP contribution in [0.25, 0.3) is 6.08 Å². The van der Waals surface area contributed by atoms with Crippen molar-refractivity contribution in [3.63, 3.8) is 0 Å². The Morgan fingerprint density at radius 2 is 1.57 bits per heavy atom. The van der Waals surface area contributed by atoms with Crippen LogP contribution in [0.4, 0.5) is 5.69 Å². The highest BCUT2D eigenvalue weighted by atomic mass is 16.6. The molecular formula is C25H21N3O7. The largest absolute Gasteiger partial charge is 0.497 e. The van der Waals surface area contributed by atoms with Crippen molar-refractivity contribution in [2.24, 2.45) is 5.10 Å². The van der Waals surface area contributed by atoms with Crippen LogP contribution in [0.5, 0.6) is 17.2 Å². The molecule has 10 heteroatoms. The molecule has 0 fully saturated rings. The molecule has 0 aliphatic heterocycles. The van der Waals surface area contributed by atoms with E-state index in [4.69, 9.17) is 14.2 Å². The maximum absolute atomic E-state index is 12.4. The Balaban J connectivity index is 1.75. The number of methoxy groups -OCH3 is 2. The number of nitro benzene ring substituents is 1. The van der Waals surface area contributed by atoms with Gasteiger partial charge in [0.05, 0.1) is 25.4 Å². The van der Waals surface area contributed by atoms with Crippen molar-refractivity contribution in [2.45, 2.75) is 0 Å². The quantitative estimate of drug-likeness (QED) is 0.124. The molecule has 3 aromatic rings. The number of para-hydroxylation sites is 1. The zero-order chi connectivity index (χ0) is 25.2. The van der Waals surface area contributed by atoms with Gasteiger partial charge < -0.3 is 14.2 Å². The lowest BCUT2D eigenvalue weighted by Crippen LogP contribution is -2.17.